The number of nitrogens with one attached hydrogen (secondary N) is 1. The fourth-order valence-electron chi connectivity index (χ4n) is 2.53. The Labute approximate surface area is 100 Å². The van der Waals surface area contributed by atoms with Crippen molar-refractivity contribution >= 4 is 11.7 Å². The smallest absolute Gasteiger partial charge is 0.229 e. The maximum Gasteiger partial charge on any atom is 0.229 e. The molecule has 1 amide bonds. The molecule has 4 heteroatoms. The molecule has 0 bridgehead atoms. The van der Waals surface area contributed by atoms with Gasteiger partial charge in [0.25, 0.3) is 0 Å². The summed E-state index contributed by atoms with van der Waals surface area (Å²) in [6, 6.07) is 4.37. The molecule has 92 valence electrons. The summed E-state index contributed by atoms with van der Waals surface area (Å²) in [7, 11) is 0. The van der Waals surface area contributed by atoms with Crippen LogP contribution in [0.15, 0.2) is 18.2 Å². The van der Waals surface area contributed by atoms with Crippen LogP contribution in [0.5, 0.6) is 0 Å². The second-order valence-corrected chi connectivity index (χ2v) is 5.71. The second-order valence-electron chi connectivity index (χ2n) is 5.71. The standard InChI is InChI=1S/C13H17FN2O/c1-12(2)10(13(12,3)4)11(17)16-9-7-5-6-8(14)15-9/h5-7,10H,1-4H3,(H,15,16,17). The molecule has 1 saturated carbocycles. The summed E-state index contributed by atoms with van der Waals surface area (Å²) in [6.07, 6.45) is 0. The number of rotatable bonds is 2. The van der Waals surface area contributed by atoms with Crippen LogP contribution < -0.4 is 5.32 Å². The first kappa shape index (κ1) is 12.0. The molecule has 2 rings (SSSR count). The summed E-state index contributed by atoms with van der Waals surface area (Å²) < 4.78 is 12.9. The summed E-state index contributed by atoms with van der Waals surface area (Å²) >= 11 is 0. The number of amides is 1. The average molecular weight is 236 g/mol. The summed E-state index contributed by atoms with van der Waals surface area (Å²) in [5, 5.41) is 2.67. The van der Waals surface area contributed by atoms with Crippen molar-refractivity contribution in [3.05, 3.63) is 24.1 Å². The molecule has 0 aromatic carbocycles. The molecule has 0 spiro atoms. The molecule has 1 aromatic rings. The van der Waals surface area contributed by atoms with Gasteiger partial charge in [0.1, 0.15) is 5.82 Å². The van der Waals surface area contributed by atoms with Gasteiger partial charge in [0.05, 0.1) is 0 Å². The third-order valence-corrected chi connectivity index (χ3v) is 4.25. The Bertz CT molecular complexity index is 454. The predicted molar refractivity (Wildman–Crippen MR) is 63.9 cm³/mol. The summed E-state index contributed by atoms with van der Waals surface area (Å²) in [5.41, 5.74) is -0.0468. The van der Waals surface area contributed by atoms with Gasteiger partial charge in [0, 0.05) is 5.92 Å². The highest BCUT2D eigenvalue weighted by molar-refractivity contribution is 5.95. The zero-order chi connectivity index (χ0) is 12.8. The first-order chi connectivity index (χ1) is 7.76. The van der Waals surface area contributed by atoms with Gasteiger partial charge in [-0.15, -0.1) is 0 Å². The van der Waals surface area contributed by atoms with Gasteiger partial charge in [-0.2, -0.15) is 4.39 Å². The van der Waals surface area contributed by atoms with E-state index in [0.717, 1.165) is 0 Å². The fourth-order valence-corrected chi connectivity index (χ4v) is 2.53. The average Bonchev–Trinajstić information content (AvgIpc) is 2.56. The molecule has 1 heterocycles. The van der Waals surface area contributed by atoms with Gasteiger partial charge in [0.15, 0.2) is 0 Å². The minimum absolute atomic E-state index is 0.0234. The summed E-state index contributed by atoms with van der Waals surface area (Å²) in [4.78, 5) is 15.7. The Morgan fingerprint density at radius 2 is 1.88 bits per heavy atom. The van der Waals surface area contributed by atoms with E-state index >= 15 is 0 Å². The van der Waals surface area contributed by atoms with Gasteiger partial charge in [-0.05, 0) is 23.0 Å². The van der Waals surface area contributed by atoms with Gasteiger partial charge in [0.2, 0.25) is 11.9 Å². The molecule has 1 fully saturated rings. The Balaban J connectivity index is 2.10. The quantitative estimate of drug-likeness (QED) is 0.802. The van der Waals surface area contributed by atoms with Crippen LogP contribution in [0.25, 0.3) is 0 Å². The zero-order valence-corrected chi connectivity index (χ0v) is 10.5. The molecule has 1 aromatic heterocycles. The van der Waals surface area contributed by atoms with Gasteiger partial charge in [-0.3, -0.25) is 4.79 Å². The molecular weight excluding hydrogens is 219 g/mol. The van der Waals surface area contributed by atoms with Gasteiger partial charge >= 0.3 is 0 Å². The fraction of sp³-hybridized carbons (Fsp3) is 0.538. The monoisotopic (exact) mass is 236 g/mol. The van der Waals surface area contributed by atoms with Gasteiger partial charge < -0.3 is 5.32 Å². The van der Waals surface area contributed by atoms with Crippen molar-refractivity contribution in [2.75, 3.05) is 5.32 Å². The van der Waals surface area contributed by atoms with E-state index in [9.17, 15) is 9.18 Å². The van der Waals surface area contributed by atoms with Crippen molar-refractivity contribution in [2.45, 2.75) is 27.7 Å². The van der Waals surface area contributed by atoms with Gasteiger partial charge in [-0.1, -0.05) is 33.8 Å². The van der Waals surface area contributed by atoms with Crippen molar-refractivity contribution in [1.82, 2.24) is 4.98 Å². The number of pyridine rings is 1. The zero-order valence-electron chi connectivity index (χ0n) is 10.5. The molecular formula is C13H17FN2O. The lowest BCUT2D eigenvalue weighted by molar-refractivity contribution is -0.118. The highest BCUT2D eigenvalue weighted by Gasteiger charge is 2.68. The van der Waals surface area contributed by atoms with Crippen molar-refractivity contribution < 1.29 is 9.18 Å². The van der Waals surface area contributed by atoms with E-state index < -0.39 is 5.95 Å². The van der Waals surface area contributed by atoms with Crippen LogP contribution in [0.1, 0.15) is 27.7 Å². The first-order valence-electron chi connectivity index (χ1n) is 5.70. The molecule has 0 saturated heterocycles. The maximum absolute atomic E-state index is 12.9. The Morgan fingerprint density at radius 3 is 2.35 bits per heavy atom. The van der Waals surface area contributed by atoms with Crippen molar-refractivity contribution in [1.29, 1.82) is 0 Å². The van der Waals surface area contributed by atoms with Crippen LogP contribution in [0.3, 0.4) is 0 Å². The number of hydrogen-bond donors (Lipinski definition) is 1. The normalized spacial score (nSPS) is 21.0. The third kappa shape index (κ3) is 1.81. The number of carbonyl (C=O) groups excluding carboxylic acids is 1. The lowest BCUT2D eigenvalue weighted by atomic mass is 10.0. The molecule has 1 aliphatic carbocycles. The highest BCUT2D eigenvalue weighted by atomic mass is 19.1. The largest absolute Gasteiger partial charge is 0.310 e. The predicted octanol–water partition coefficient (Wildman–Crippen LogP) is 2.84. The molecule has 0 radical (unpaired) electrons. The summed E-state index contributed by atoms with van der Waals surface area (Å²) in [5.74, 6) is -0.455. The SMILES string of the molecule is CC1(C)C(C(=O)Nc2cccc(F)n2)C1(C)C. The molecule has 0 aliphatic heterocycles. The van der Waals surface area contributed by atoms with Crippen LogP contribution in [0.2, 0.25) is 0 Å². The van der Waals surface area contributed by atoms with Crippen molar-refractivity contribution in [3.8, 4) is 0 Å². The van der Waals surface area contributed by atoms with E-state index in [1.54, 1.807) is 6.07 Å². The first-order valence-corrected chi connectivity index (χ1v) is 5.70. The highest BCUT2D eigenvalue weighted by Crippen LogP contribution is 2.68. The second kappa shape index (κ2) is 3.52. The minimum atomic E-state index is -0.586. The lowest BCUT2D eigenvalue weighted by Crippen LogP contribution is -2.18. The number of anilines is 1. The topological polar surface area (TPSA) is 42.0 Å². The number of nitrogens with zero attached hydrogens (tertiary/aromatic N) is 1. The van der Waals surface area contributed by atoms with E-state index in [2.05, 4.69) is 38.0 Å². The van der Waals surface area contributed by atoms with Crippen LogP contribution in [-0.4, -0.2) is 10.9 Å². The van der Waals surface area contributed by atoms with Crippen LogP contribution >= 0.6 is 0 Å². The molecule has 1 N–H and O–H groups in total. The molecule has 0 atom stereocenters. The lowest BCUT2D eigenvalue weighted by Gasteiger charge is -2.05. The number of hydrogen-bond acceptors (Lipinski definition) is 2. The van der Waals surface area contributed by atoms with Crippen LogP contribution in [0, 0.1) is 22.7 Å². The van der Waals surface area contributed by atoms with Crippen molar-refractivity contribution in [3.63, 3.8) is 0 Å². The van der Waals surface area contributed by atoms with E-state index in [0.29, 0.717) is 0 Å². The van der Waals surface area contributed by atoms with Crippen molar-refractivity contribution in [2.24, 2.45) is 16.7 Å². The number of halogens is 1. The number of aromatic nitrogens is 1. The summed E-state index contributed by atoms with van der Waals surface area (Å²) in [6.45, 7) is 8.26. The molecule has 17 heavy (non-hydrogen) atoms. The van der Waals surface area contributed by atoms with E-state index in [4.69, 9.17) is 0 Å². The van der Waals surface area contributed by atoms with Crippen LogP contribution in [-0.2, 0) is 4.79 Å². The van der Waals surface area contributed by atoms with E-state index in [1.165, 1.54) is 12.1 Å². The van der Waals surface area contributed by atoms with E-state index in [1.807, 2.05) is 0 Å². The maximum atomic E-state index is 12.9. The molecule has 1 aliphatic rings. The Morgan fingerprint density at radius 1 is 1.29 bits per heavy atom. The third-order valence-electron chi connectivity index (χ3n) is 4.25. The number of carbonyl (C=O) groups is 1. The van der Waals surface area contributed by atoms with Crippen LogP contribution in [0.4, 0.5) is 10.2 Å². The molecule has 0 unspecified atom stereocenters. The molecule has 3 nitrogen and oxygen atoms in total. The minimum Gasteiger partial charge on any atom is -0.310 e. The van der Waals surface area contributed by atoms with E-state index in [-0.39, 0.29) is 28.5 Å². The Kier molecular flexibility index (Phi) is 2.49. The van der Waals surface area contributed by atoms with Gasteiger partial charge in [-0.25, -0.2) is 4.98 Å². The Hall–Kier alpha value is -1.45.